The van der Waals surface area contributed by atoms with Gasteiger partial charge < -0.3 is 5.11 Å². The summed E-state index contributed by atoms with van der Waals surface area (Å²) >= 11 is 4.20. The highest BCUT2D eigenvalue weighted by atomic mass is 32.2. The lowest BCUT2D eigenvalue weighted by Gasteiger charge is -2.18. The first-order valence-electron chi connectivity index (χ1n) is 9.44. The van der Waals surface area contributed by atoms with Gasteiger partial charge in [0.05, 0.1) is 0 Å². The molecule has 0 radical (unpaired) electrons. The number of allylic oxidation sites excluding steroid dienone is 2. The fourth-order valence-corrected chi connectivity index (χ4v) is 5.56. The molecule has 0 unspecified atom stereocenters. The van der Waals surface area contributed by atoms with E-state index in [0.717, 1.165) is 24.7 Å². The summed E-state index contributed by atoms with van der Waals surface area (Å²) < 4.78 is 0. The van der Waals surface area contributed by atoms with Gasteiger partial charge in [-0.15, -0.1) is 0 Å². The van der Waals surface area contributed by atoms with Crippen molar-refractivity contribution in [2.45, 2.75) is 58.3 Å². The molecular formula is C20H34O2S2. The Morgan fingerprint density at radius 1 is 1.08 bits per heavy atom. The van der Waals surface area contributed by atoms with E-state index in [1.807, 2.05) is 0 Å². The summed E-state index contributed by atoms with van der Waals surface area (Å²) in [5.41, 5.74) is 0. The molecule has 24 heavy (non-hydrogen) atoms. The van der Waals surface area contributed by atoms with Crippen LogP contribution in [-0.2, 0) is 4.79 Å². The van der Waals surface area contributed by atoms with E-state index in [4.69, 9.17) is 5.11 Å². The molecule has 0 aromatic heterocycles. The Bertz CT molecular complexity index is 380. The molecule has 1 aliphatic rings. The summed E-state index contributed by atoms with van der Waals surface area (Å²) in [6.45, 7) is 2.24. The van der Waals surface area contributed by atoms with Crippen molar-refractivity contribution in [1.82, 2.24) is 0 Å². The Kier molecular flexibility index (Phi) is 13.5. The Balaban J connectivity index is 2.04. The monoisotopic (exact) mass is 370 g/mol. The van der Waals surface area contributed by atoms with Crippen LogP contribution in [0.4, 0.5) is 0 Å². The highest BCUT2D eigenvalue weighted by Gasteiger charge is 2.26. The average Bonchev–Trinajstić information content (AvgIpc) is 3.00. The van der Waals surface area contributed by atoms with Crippen molar-refractivity contribution in [2.75, 3.05) is 23.0 Å². The summed E-state index contributed by atoms with van der Waals surface area (Å²) in [6, 6.07) is 0. The van der Waals surface area contributed by atoms with E-state index in [9.17, 15) is 4.79 Å². The van der Waals surface area contributed by atoms with Gasteiger partial charge in [0.2, 0.25) is 0 Å². The third-order valence-electron chi connectivity index (χ3n) is 4.52. The number of carboxylic acid groups (broad SMARTS) is 1. The first-order chi connectivity index (χ1) is 11.7. The summed E-state index contributed by atoms with van der Waals surface area (Å²) in [5, 5.41) is 8.56. The fourth-order valence-electron chi connectivity index (χ4n) is 3.03. The molecule has 2 atom stereocenters. The molecule has 2 nitrogen and oxygen atoms in total. The van der Waals surface area contributed by atoms with Crippen molar-refractivity contribution >= 4 is 29.5 Å². The lowest BCUT2D eigenvalue weighted by molar-refractivity contribution is -0.131. The maximum atomic E-state index is 10.4. The molecular weight excluding hydrogens is 336 g/mol. The molecule has 1 fully saturated rings. The van der Waals surface area contributed by atoms with Crippen molar-refractivity contribution in [3.8, 4) is 0 Å². The van der Waals surface area contributed by atoms with Crippen molar-refractivity contribution in [3.63, 3.8) is 0 Å². The number of thioether (sulfide) groups is 2. The van der Waals surface area contributed by atoms with Gasteiger partial charge in [-0.1, -0.05) is 44.4 Å². The first kappa shape index (κ1) is 21.7. The molecule has 0 aliphatic carbocycles. The molecule has 138 valence electrons. The van der Waals surface area contributed by atoms with Crippen LogP contribution in [0.1, 0.15) is 58.3 Å². The minimum atomic E-state index is -0.833. The fraction of sp³-hybridized carbons (Fsp3) is 0.750. The molecule has 0 aromatic carbocycles. The highest BCUT2D eigenvalue weighted by Crippen LogP contribution is 2.36. The van der Waals surface area contributed by atoms with Crippen molar-refractivity contribution < 1.29 is 9.90 Å². The van der Waals surface area contributed by atoms with Gasteiger partial charge >= 0.3 is 5.97 Å². The van der Waals surface area contributed by atoms with Crippen LogP contribution < -0.4 is 0 Å². The second-order valence-corrected chi connectivity index (χ2v) is 8.78. The van der Waals surface area contributed by atoms with Crippen LogP contribution in [0.15, 0.2) is 24.3 Å². The van der Waals surface area contributed by atoms with Crippen LogP contribution in [-0.4, -0.2) is 34.1 Å². The number of unbranched alkanes of at least 4 members (excludes halogenated alkanes) is 4. The molecule has 4 heteroatoms. The number of aliphatic carboxylic acids is 1. The molecule has 0 bridgehead atoms. The summed E-state index contributed by atoms with van der Waals surface area (Å²) in [7, 11) is 0. The third kappa shape index (κ3) is 11.2. The Morgan fingerprint density at radius 3 is 2.58 bits per heavy atom. The van der Waals surface area contributed by atoms with E-state index < -0.39 is 5.97 Å². The second kappa shape index (κ2) is 14.9. The Labute approximate surface area is 156 Å². The average molecular weight is 371 g/mol. The molecule has 1 aliphatic heterocycles. The minimum Gasteiger partial charge on any atom is -0.478 e. The SMILES string of the molecule is CCCCC=CCSCC[C@@H]1CSC[C@@H]1CCCCC=CC(=O)O. The molecule has 0 saturated carbocycles. The third-order valence-corrected chi connectivity index (χ3v) is 6.80. The maximum absolute atomic E-state index is 10.4. The Morgan fingerprint density at radius 2 is 1.83 bits per heavy atom. The van der Waals surface area contributed by atoms with Gasteiger partial charge in [0, 0.05) is 11.8 Å². The summed E-state index contributed by atoms with van der Waals surface area (Å²) in [4.78, 5) is 10.4. The topological polar surface area (TPSA) is 37.3 Å². The zero-order valence-electron chi connectivity index (χ0n) is 15.1. The number of carboxylic acids is 1. The predicted octanol–water partition coefficient (Wildman–Crippen LogP) is 6.04. The van der Waals surface area contributed by atoms with Crippen molar-refractivity contribution in [1.29, 1.82) is 0 Å². The second-order valence-electron chi connectivity index (χ2n) is 6.56. The number of carbonyl (C=O) groups is 1. The van der Waals surface area contributed by atoms with Gasteiger partial charge in [-0.3, -0.25) is 0 Å². The van der Waals surface area contributed by atoms with Crippen LogP contribution in [0.5, 0.6) is 0 Å². The van der Waals surface area contributed by atoms with Gasteiger partial charge in [0.15, 0.2) is 0 Å². The van der Waals surface area contributed by atoms with Gasteiger partial charge in [-0.2, -0.15) is 23.5 Å². The summed E-state index contributed by atoms with van der Waals surface area (Å²) in [6.07, 6.45) is 17.5. The maximum Gasteiger partial charge on any atom is 0.327 e. The lowest BCUT2D eigenvalue weighted by Crippen LogP contribution is -2.13. The van der Waals surface area contributed by atoms with Crippen LogP contribution >= 0.6 is 23.5 Å². The molecule has 0 amide bonds. The predicted molar refractivity (Wildman–Crippen MR) is 110 cm³/mol. The van der Waals surface area contributed by atoms with Crippen molar-refractivity contribution in [3.05, 3.63) is 24.3 Å². The minimum absolute atomic E-state index is 0.833. The lowest BCUT2D eigenvalue weighted by atomic mass is 9.89. The normalized spacial score (nSPS) is 21.2. The van der Waals surface area contributed by atoms with E-state index in [0.29, 0.717) is 0 Å². The molecule has 0 aromatic rings. The standard InChI is InChI=1S/C20H34O2S2/c1-2-3-4-7-10-14-23-15-13-19-17-24-16-18(19)11-8-5-6-9-12-20(21)22/h7,9-10,12,18-19H,2-6,8,11,13-17H2,1H3,(H,21,22)/t18-,19+/m0/s1. The van der Waals surface area contributed by atoms with Gasteiger partial charge in [-0.05, 0) is 61.2 Å². The molecule has 1 N–H and O–H groups in total. The van der Waals surface area contributed by atoms with E-state index in [1.165, 1.54) is 67.6 Å². The van der Waals surface area contributed by atoms with E-state index >= 15 is 0 Å². The zero-order chi connectivity index (χ0) is 17.5. The van der Waals surface area contributed by atoms with Crippen LogP contribution in [0.25, 0.3) is 0 Å². The largest absolute Gasteiger partial charge is 0.478 e. The van der Waals surface area contributed by atoms with Crippen molar-refractivity contribution in [2.24, 2.45) is 11.8 Å². The Hall–Kier alpha value is -0.350. The number of hydrogen-bond donors (Lipinski definition) is 1. The van der Waals surface area contributed by atoms with E-state index in [2.05, 4.69) is 42.6 Å². The molecule has 1 saturated heterocycles. The van der Waals surface area contributed by atoms with Crippen LogP contribution in [0.2, 0.25) is 0 Å². The van der Waals surface area contributed by atoms with Gasteiger partial charge in [0.25, 0.3) is 0 Å². The highest BCUT2D eigenvalue weighted by molar-refractivity contribution is 7.99. The first-order valence-corrected chi connectivity index (χ1v) is 11.7. The molecule has 1 rings (SSSR count). The number of hydrogen-bond acceptors (Lipinski definition) is 3. The number of rotatable bonds is 14. The smallest absolute Gasteiger partial charge is 0.327 e. The molecule has 1 heterocycles. The quantitative estimate of drug-likeness (QED) is 0.230. The molecule has 0 spiro atoms. The van der Waals surface area contributed by atoms with E-state index in [-0.39, 0.29) is 0 Å². The zero-order valence-corrected chi connectivity index (χ0v) is 16.8. The van der Waals surface area contributed by atoms with Crippen LogP contribution in [0, 0.1) is 11.8 Å². The van der Waals surface area contributed by atoms with Gasteiger partial charge in [-0.25, -0.2) is 4.79 Å². The van der Waals surface area contributed by atoms with Gasteiger partial charge in [0.1, 0.15) is 0 Å². The summed E-state index contributed by atoms with van der Waals surface area (Å²) in [5.74, 6) is 6.10. The van der Waals surface area contributed by atoms with Crippen LogP contribution in [0.3, 0.4) is 0 Å². The van der Waals surface area contributed by atoms with E-state index in [1.54, 1.807) is 6.08 Å².